The number of para-hydroxylation sites is 3. The van der Waals surface area contributed by atoms with Crippen molar-refractivity contribution in [3.05, 3.63) is 65.9 Å². The predicted octanol–water partition coefficient (Wildman–Crippen LogP) is 3.02. The molecule has 0 unspecified atom stereocenters. The second-order valence-corrected chi connectivity index (χ2v) is 4.63. The molecular formula is C18H14N4O2. The number of nitriles is 2. The second-order valence-electron chi connectivity index (χ2n) is 4.63. The molecule has 0 saturated carbocycles. The van der Waals surface area contributed by atoms with Gasteiger partial charge in [-0.2, -0.15) is 10.5 Å². The van der Waals surface area contributed by atoms with Crippen molar-refractivity contribution in [1.82, 2.24) is 0 Å². The third-order valence-corrected chi connectivity index (χ3v) is 3.14. The molecule has 1 amide bonds. The molecule has 0 radical (unpaired) electrons. The highest BCUT2D eigenvalue weighted by Gasteiger charge is 2.12. The van der Waals surface area contributed by atoms with Gasteiger partial charge in [0.2, 0.25) is 0 Å². The van der Waals surface area contributed by atoms with E-state index in [0.717, 1.165) is 0 Å². The third-order valence-electron chi connectivity index (χ3n) is 3.14. The summed E-state index contributed by atoms with van der Waals surface area (Å²) in [5.74, 6) is -0.0881. The summed E-state index contributed by atoms with van der Waals surface area (Å²) in [6.07, 6.45) is 1.26. The molecule has 24 heavy (non-hydrogen) atoms. The van der Waals surface area contributed by atoms with Crippen LogP contribution in [0, 0.1) is 22.7 Å². The standard InChI is InChI=1S/C18H14N4O2/c1-24-17-9-5-4-8-16(17)22-18(23)14(11-20)12-21-15-7-3-2-6-13(15)10-19/h2-9,12,21H,1H3,(H,22,23)/b14-12-. The van der Waals surface area contributed by atoms with Crippen LogP contribution in [0.2, 0.25) is 0 Å². The summed E-state index contributed by atoms with van der Waals surface area (Å²) in [4.78, 5) is 12.2. The molecule has 2 aromatic rings. The first-order chi connectivity index (χ1) is 11.7. The average Bonchev–Trinajstić information content (AvgIpc) is 2.63. The van der Waals surface area contributed by atoms with Crippen LogP contribution in [0.5, 0.6) is 5.75 Å². The Morgan fingerprint density at radius 1 is 1.08 bits per heavy atom. The average molecular weight is 318 g/mol. The molecule has 118 valence electrons. The molecule has 2 aromatic carbocycles. The van der Waals surface area contributed by atoms with Crippen molar-refractivity contribution in [2.24, 2.45) is 0 Å². The molecular weight excluding hydrogens is 304 g/mol. The van der Waals surface area contributed by atoms with E-state index in [1.807, 2.05) is 12.1 Å². The van der Waals surface area contributed by atoms with Crippen LogP contribution in [0.1, 0.15) is 5.56 Å². The highest BCUT2D eigenvalue weighted by Crippen LogP contribution is 2.23. The topological polar surface area (TPSA) is 97.9 Å². The summed E-state index contributed by atoms with van der Waals surface area (Å²) in [6.45, 7) is 0. The Morgan fingerprint density at radius 3 is 2.42 bits per heavy atom. The lowest BCUT2D eigenvalue weighted by Crippen LogP contribution is -2.15. The highest BCUT2D eigenvalue weighted by molar-refractivity contribution is 6.07. The van der Waals surface area contributed by atoms with Gasteiger partial charge >= 0.3 is 0 Å². The molecule has 0 fully saturated rings. The lowest BCUT2D eigenvalue weighted by Gasteiger charge is -2.09. The number of nitrogens with zero attached hydrogens (tertiary/aromatic N) is 2. The minimum Gasteiger partial charge on any atom is -0.495 e. The quantitative estimate of drug-likeness (QED) is 0.652. The van der Waals surface area contributed by atoms with Gasteiger partial charge in [0.15, 0.2) is 0 Å². The van der Waals surface area contributed by atoms with Crippen LogP contribution >= 0.6 is 0 Å². The minimum absolute atomic E-state index is 0.131. The Balaban J connectivity index is 2.17. The molecule has 0 saturated heterocycles. The summed E-state index contributed by atoms with van der Waals surface area (Å²) < 4.78 is 5.15. The number of nitrogens with one attached hydrogen (secondary N) is 2. The maximum absolute atomic E-state index is 12.2. The van der Waals surface area contributed by atoms with Crippen LogP contribution in [0.15, 0.2) is 60.3 Å². The fourth-order valence-electron chi connectivity index (χ4n) is 1.94. The maximum atomic E-state index is 12.2. The molecule has 0 aliphatic heterocycles. The van der Waals surface area contributed by atoms with E-state index in [2.05, 4.69) is 10.6 Å². The van der Waals surface area contributed by atoms with Crippen molar-refractivity contribution in [2.75, 3.05) is 17.7 Å². The molecule has 2 rings (SSSR count). The third kappa shape index (κ3) is 3.90. The Bertz CT molecular complexity index is 860. The van der Waals surface area contributed by atoms with Gasteiger partial charge in [-0.1, -0.05) is 24.3 Å². The van der Waals surface area contributed by atoms with Crippen molar-refractivity contribution in [3.8, 4) is 17.9 Å². The smallest absolute Gasteiger partial charge is 0.267 e. The van der Waals surface area contributed by atoms with Gasteiger partial charge in [0.05, 0.1) is 24.0 Å². The molecule has 0 aromatic heterocycles. The van der Waals surface area contributed by atoms with E-state index in [1.54, 1.807) is 48.5 Å². The lowest BCUT2D eigenvalue weighted by atomic mass is 10.2. The fourth-order valence-corrected chi connectivity index (χ4v) is 1.94. The van der Waals surface area contributed by atoms with Crippen molar-refractivity contribution in [2.45, 2.75) is 0 Å². The van der Waals surface area contributed by atoms with Crippen molar-refractivity contribution >= 4 is 17.3 Å². The first-order valence-corrected chi connectivity index (χ1v) is 7.00. The SMILES string of the molecule is COc1ccccc1NC(=O)/C(C#N)=C\Nc1ccccc1C#N. The predicted molar refractivity (Wildman–Crippen MR) is 90.1 cm³/mol. The molecule has 0 heterocycles. The molecule has 6 nitrogen and oxygen atoms in total. The van der Waals surface area contributed by atoms with Crippen molar-refractivity contribution in [1.29, 1.82) is 10.5 Å². The van der Waals surface area contributed by atoms with E-state index in [0.29, 0.717) is 22.7 Å². The summed E-state index contributed by atoms with van der Waals surface area (Å²) in [7, 11) is 1.49. The lowest BCUT2D eigenvalue weighted by molar-refractivity contribution is -0.112. The van der Waals surface area contributed by atoms with E-state index in [4.69, 9.17) is 10.00 Å². The van der Waals surface area contributed by atoms with Crippen LogP contribution < -0.4 is 15.4 Å². The Kier molecular flexibility index (Phi) is 5.55. The van der Waals surface area contributed by atoms with Crippen LogP contribution in [0.4, 0.5) is 11.4 Å². The molecule has 0 aliphatic rings. The van der Waals surface area contributed by atoms with E-state index >= 15 is 0 Å². The number of benzene rings is 2. The summed E-state index contributed by atoms with van der Waals surface area (Å²) in [5, 5.41) is 23.7. The van der Waals surface area contributed by atoms with Gasteiger partial charge in [-0.3, -0.25) is 4.79 Å². The molecule has 6 heteroatoms. The first kappa shape index (κ1) is 16.6. The molecule has 0 spiro atoms. The van der Waals surface area contributed by atoms with E-state index in [-0.39, 0.29) is 5.57 Å². The Hall–Kier alpha value is -3.77. The number of anilines is 2. The highest BCUT2D eigenvalue weighted by atomic mass is 16.5. The van der Waals surface area contributed by atoms with E-state index in [9.17, 15) is 10.1 Å². The van der Waals surface area contributed by atoms with Gasteiger partial charge in [-0.05, 0) is 24.3 Å². The Labute approximate surface area is 139 Å². The van der Waals surface area contributed by atoms with Gasteiger partial charge in [0, 0.05) is 6.20 Å². The first-order valence-electron chi connectivity index (χ1n) is 7.00. The van der Waals surface area contributed by atoms with Crippen LogP contribution in [0.3, 0.4) is 0 Å². The Morgan fingerprint density at radius 2 is 1.75 bits per heavy atom. The summed E-state index contributed by atoms with van der Waals surface area (Å²) in [6, 6.07) is 17.5. The monoisotopic (exact) mass is 318 g/mol. The minimum atomic E-state index is -0.580. The number of carbonyl (C=O) groups excluding carboxylic acids is 1. The number of rotatable bonds is 5. The second kappa shape index (κ2) is 8.02. The van der Waals surface area contributed by atoms with Crippen LogP contribution in [-0.2, 0) is 4.79 Å². The zero-order valence-electron chi connectivity index (χ0n) is 12.9. The van der Waals surface area contributed by atoms with Gasteiger partial charge in [0.1, 0.15) is 23.5 Å². The number of amides is 1. The van der Waals surface area contributed by atoms with Gasteiger partial charge in [-0.25, -0.2) is 0 Å². The van der Waals surface area contributed by atoms with Crippen LogP contribution in [-0.4, -0.2) is 13.0 Å². The van der Waals surface area contributed by atoms with Crippen LogP contribution in [0.25, 0.3) is 0 Å². The van der Waals surface area contributed by atoms with Crippen molar-refractivity contribution < 1.29 is 9.53 Å². The molecule has 0 aliphatic carbocycles. The van der Waals surface area contributed by atoms with Gasteiger partial charge < -0.3 is 15.4 Å². The van der Waals surface area contributed by atoms with E-state index < -0.39 is 5.91 Å². The summed E-state index contributed by atoms with van der Waals surface area (Å²) in [5.41, 5.74) is 1.26. The number of carbonyl (C=O) groups is 1. The maximum Gasteiger partial charge on any atom is 0.267 e. The number of ether oxygens (including phenoxy) is 1. The largest absolute Gasteiger partial charge is 0.495 e. The van der Waals surface area contributed by atoms with Gasteiger partial charge in [-0.15, -0.1) is 0 Å². The number of hydrogen-bond donors (Lipinski definition) is 2. The fraction of sp³-hybridized carbons (Fsp3) is 0.0556. The zero-order valence-corrected chi connectivity index (χ0v) is 12.9. The van der Waals surface area contributed by atoms with Gasteiger partial charge in [0.25, 0.3) is 5.91 Å². The number of hydrogen-bond acceptors (Lipinski definition) is 5. The molecule has 2 N–H and O–H groups in total. The zero-order chi connectivity index (χ0) is 17.4. The molecule has 0 bridgehead atoms. The molecule has 0 atom stereocenters. The van der Waals surface area contributed by atoms with Crippen molar-refractivity contribution in [3.63, 3.8) is 0 Å². The number of methoxy groups -OCH3 is 1. The normalized spacial score (nSPS) is 10.2. The van der Waals surface area contributed by atoms with E-state index in [1.165, 1.54) is 13.3 Å². The summed E-state index contributed by atoms with van der Waals surface area (Å²) >= 11 is 0.